The molecule has 0 aliphatic rings. The number of hydrogen-bond donors (Lipinski definition) is 1. The molecule has 0 radical (unpaired) electrons. The molecule has 1 N–H and O–H groups in total. The van der Waals surface area contributed by atoms with Gasteiger partial charge in [0.1, 0.15) is 5.82 Å². The van der Waals surface area contributed by atoms with Crippen molar-refractivity contribution >= 4 is 17.2 Å². The molecule has 0 atom stereocenters. The highest BCUT2D eigenvalue weighted by atomic mass is 32.1. The summed E-state index contributed by atoms with van der Waals surface area (Å²) in [5, 5.41) is 6.66. The Kier molecular flexibility index (Phi) is 5.49. The van der Waals surface area contributed by atoms with Crippen LogP contribution in [0.2, 0.25) is 0 Å². The van der Waals surface area contributed by atoms with Crippen molar-refractivity contribution in [3.8, 4) is 0 Å². The van der Waals surface area contributed by atoms with Gasteiger partial charge in [0, 0.05) is 30.7 Å². The van der Waals surface area contributed by atoms with Gasteiger partial charge in [-0.2, -0.15) is 0 Å². The lowest BCUT2D eigenvalue weighted by atomic mass is 10.2. The zero-order chi connectivity index (χ0) is 14.4. The maximum Gasteiger partial charge on any atom is 0.133 e. The average Bonchev–Trinajstić information content (AvgIpc) is 2.85. The van der Waals surface area contributed by atoms with E-state index in [0.717, 1.165) is 42.6 Å². The summed E-state index contributed by atoms with van der Waals surface area (Å²) in [5.41, 5.74) is 2.34. The molecule has 0 aliphatic heterocycles. The molecule has 0 bridgehead atoms. The molecule has 0 saturated heterocycles. The molecule has 2 aromatic heterocycles. The third-order valence-electron chi connectivity index (χ3n) is 3.04. The number of aryl methyl sites for hydroxylation is 1. The molecule has 2 heterocycles. The van der Waals surface area contributed by atoms with Crippen LogP contribution in [0.25, 0.3) is 0 Å². The van der Waals surface area contributed by atoms with Gasteiger partial charge in [-0.3, -0.25) is 0 Å². The van der Waals surface area contributed by atoms with Crippen molar-refractivity contribution in [1.29, 1.82) is 0 Å². The molecule has 0 fully saturated rings. The summed E-state index contributed by atoms with van der Waals surface area (Å²) >= 11 is 1.69. The fraction of sp³-hybridized carbons (Fsp3) is 0.467. The van der Waals surface area contributed by atoms with Gasteiger partial charge in [0.25, 0.3) is 0 Å². The van der Waals surface area contributed by atoms with Crippen LogP contribution < -0.4 is 10.2 Å². The monoisotopic (exact) mass is 290 g/mol. The van der Waals surface area contributed by atoms with E-state index >= 15 is 0 Å². The molecule has 0 amide bonds. The summed E-state index contributed by atoms with van der Waals surface area (Å²) in [6, 6.07) is 4.13. The Labute approximate surface area is 124 Å². The number of nitrogens with zero attached hydrogens (tertiary/aromatic N) is 3. The van der Waals surface area contributed by atoms with Gasteiger partial charge in [0.05, 0.1) is 17.2 Å². The van der Waals surface area contributed by atoms with Crippen molar-refractivity contribution in [1.82, 2.24) is 15.3 Å². The first-order valence-corrected chi connectivity index (χ1v) is 7.85. The molecule has 2 rings (SSSR count). The van der Waals surface area contributed by atoms with Crippen molar-refractivity contribution in [3.05, 3.63) is 40.0 Å². The van der Waals surface area contributed by atoms with Gasteiger partial charge < -0.3 is 10.2 Å². The molecule has 0 saturated carbocycles. The molecular weight excluding hydrogens is 268 g/mol. The molecule has 2 aromatic rings. The predicted octanol–water partition coefficient (Wildman–Crippen LogP) is 2.98. The van der Waals surface area contributed by atoms with Gasteiger partial charge in [0.2, 0.25) is 0 Å². The lowest BCUT2D eigenvalue weighted by molar-refractivity contribution is 0.671. The normalized spacial score (nSPS) is 10.8. The van der Waals surface area contributed by atoms with E-state index in [4.69, 9.17) is 0 Å². The highest BCUT2D eigenvalue weighted by molar-refractivity contribution is 7.09. The predicted molar refractivity (Wildman–Crippen MR) is 85.2 cm³/mol. The van der Waals surface area contributed by atoms with Crippen molar-refractivity contribution in [2.75, 3.05) is 18.5 Å². The number of hydrogen-bond acceptors (Lipinski definition) is 5. The Morgan fingerprint density at radius 3 is 2.95 bits per heavy atom. The molecular formula is C15H22N4S. The molecule has 108 valence electrons. The van der Waals surface area contributed by atoms with Crippen LogP contribution in [0, 0.1) is 6.92 Å². The molecule has 4 nitrogen and oxygen atoms in total. The van der Waals surface area contributed by atoms with Gasteiger partial charge in [-0.15, -0.1) is 11.3 Å². The van der Waals surface area contributed by atoms with Gasteiger partial charge in [-0.1, -0.05) is 13.0 Å². The highest BCUT2D eigenvalue weighted by Crippen LogP contribution is 2.18. The van der Waals surface area contributed by atoms with E-state index < -0.39 is 0 Å². The first-order chi connectivity index (χ1) is 9.70. The van der Waals surface area contributed by atoms with Crippen LogP contribution in [0.5, 0.6) is 0 Å². The van der Waals surface area contributed by atoms with Crippen LogP contribution in [0.15, 0.2) is 23.7 Å². The largest absolute Gasteiger partial charge is 0.353 e. The maximum atomic E-state index is 4.52. The van der Waals surface area contributed by atoms with Crippen LogP contribution >= 0.6 is 11.3 Å². The fourth-order valence-corrected chi connectivity index (χ4v) is 2.71. The summed E-state index contributed by atoms with van der Waals surface area (Å²) in [4.78, 5) is 11.2. The average molecular weight is 290 g/mol. The summed E-state index contributed by atoms with van der Waals surface area (Å²) in [6.45, 7) is 6.89. The number of anilines is 1. The van der Waals surface area contributed by atoms with Crippen LogP contribution in [-0.4, -0.2) is 23.6 Å². The summed E-state index contributed by atoms with van der Waals surface area (Å²) in [7, 11) is 2.07. The smallest absolute Gasteiger partial charge is 0.133 e. The van der Waals surface area contributed by atoms with Crippen LogP contribution in [0.3, 0.4) is 0 Å². The zero-order valence-corrected chi connectivity index (χ0v) is 13.2. The van der Waals surface area contributed by atoms with Crippen LogP contribution in [0.1, 0.15) is 29.6 Å². The number of pyridine rings is 1. The van der Waals surface area contributed by atoms with E-state index in [2.05, 4.69) is 45.6 Å². The summed E-state index contributed by atoms with van der Waals surface area (Å²) < 4.78 is 0. The Balaban J connectivity index is 2.06. The van der Waals surface area contributed by atoms with Gasteiger partial charge in [0.15, 0.2) is 0 Å². The van der Waals surface area contributed by atoms with E-state index in [1.54, 1.807) is 11.3 Å². The van der Waals surface area contributed by atoms with E-state index in [9.17, 15) is 0 Å². The molecule has 0 aliphatic carbocycles. The molecule has 0 unspecified atom stereocenters. The number of aromatic nitrogens is 2. The Morgan fingerprint density at radius 1 is 1.40 bits per heavy atom. The first-order valence-electron chi connectivity index (χ1n) is 6.97. The second kappa shape index (κ2) is 7.36. The standard InChI is InChI=1S/C15H22N4S/c1-4-7-16-9-13-6-5-8-17-15(13)19(3)10-14-11-20-12(2)18-14/h5-6,8,11,16H,4,7,9-10H2,1-3H3. The van der Waals surface area contributed by atoms with Gasteiger partial charge in [-0.25, -0.2) is 9.97 Å². The van der Waals surface area contributed by atoms with Crippen LogP contribution in [0.4, 0.5) is 5.82 Å². The summed E-state index contributed by atoms with van der Waals surface area (Å²) in [5.74, 6) is 1.03. The topological polar surface area (TPSA) is 41.1 Å². The number of rotatable bonds is 7. The molecule has 5 heteroatoms. The minimum Gasteiger partial charge on any atom is -0.353 e. The van der Waals surface area contributed by atoms with E-state index in [0.29, 0.717) is 0 Å². The highest BCUT2D eigenvalue weighted by Gasteiger charge is 2.10. The van der Waals surface area contributed by atoms with Crippen LogP contribution in [-0.2, 0) is 13.1 Å². The second-order valence-electron chi connectivity index (χ2n) is 4.88. The van der Waals surface area contributed by atoms with E-state index in [-0.39, 0.29) is 0 Å². The molecule has 0 spiro atoms. The van der Waals surface area contributed by atoms with Gasteiger partial charge >= 0.3 is 0 Å². The Hall–Kier alpha value is -1.46. The number of thiazole rings is 1. The lowest BCUT2D eigenvalue weighted by Gasteiger charge is -2.20. The fourth-order valence-electron chi connectivity index (χ4n) is 2.11. The molecule has 20 heavy (non-hydrogen) atoms. The van der Waals surface area contributed by atoms with E-state index in [1.807, 2.05) is 19.2 Å². The Bertz CT molecular complexity index is 538. The third kappa shape index (κ3) is 4.02. The van der Waals surface area contributed by atoms with E-state index in [1.165, 1.54) is 5.56 Å². The maximum absolute atomic E-state index is 4.52. The quantitative estimate of drug-likeness (QED) is 0.796. The second-order valence-corrected chi connectivity index (χ2v) is 5.94. The van der Waals surface area contributed by atoms with Crippen molar-refractivity contribution in [2.24, 2.45) is 0 Å². The van der Waals surface area contributed by atoms with Crippen molar-refractivity contribution in [2.45, 2.75) is 33.4 Å². The first kappa shape index (κ1) is 14.9. The van der Waals surface area contributed by atoms with Crippen molar-refractivity contribution < 1.29 is 0 Å². The lowest BCUT2D eigenvalue weighted by Crippen LogP contribution is -2.22. The minimum atomic E-state index is 0.794. The Morgan fingerprint density at radius 2 is 2.25 bits per heavy atom. The molecule has 0 aromatic carbocycles. The SMILES string of the molecule is CCCNCc1cccnc1N(C)Cc1csc(C)n1. The number of nitrogens with one attached hydrogen (secondary N) is 1. The zero-order valence-electron chi connectivity index (χ0n) is 12.4. The third-order valence-corrected chi connectivity index (χ3v) is 3.86. The van der Waals surface area contributed by atoms with Crippen molar-refractivity contribution in [3.63, 3.8) is 0 Å². The minimum absolute atomic E-state index is 0.794. The summed E-state index contributed by atoms with van der Waals surface area (Å²) in [6.07, 6.45) is 2.99. The van der Waals surface area contributed by atoms with Gasteiger partial charge in [-0.05, 0) is 26.0 Å².